The van der Waals surface area contributed by atoms with Gasteiger partial charge < -0.3 is 24.4 Å². The second kappa shape index (κ2) is 20.2. The SMILES string of the molecule is C=C(C)C(=O)OCCCc1cc(-c2ccc(-c3ccc(C4CCC(C)CC4)cc3)c(F)c2F)cc(CCCOC(=O)C(=C)C)c1OCCC(CO)CO. The third-order valence-electron chi connectivity index (χ3n) is 9.98. The maximum Gasteiger partial charge on any atom is 0.333 e. The molecular formula is C44H54F2O7. The molecule has 4 rings (SSSR count). The molecule has 53 heavy (non-hydrogen) atoms. The minimum atomic E-state index is -0.974. The minimum Gasteiger partial charge on any atom is -0.493 e. The van der Waals surface area contributed by atoms with Crippen molar-refractivity contribution in [3.8, 4) is 28.0 Å². The lowest BCUT2D eigenvalue weighted by molar-refractivity contribution is -0.139. The molecule has 0 atom stereocenters. The van der Waals surface area contributed by atoms with Gasteiger partial charge in [0, 0.05) is 41.4 Å². The summed E-state index contributed by atoms with van der Waals surface area (Å²) < 4.78 is 49.0. The van der Waals surface area contributed by atoms with Gasteiger partial charge in [0.2, 0.25) is 0 Å². The normalized spacial score (nSPS) is 15.6. The summed E-state index contributed by atoms with van der Waals surface area (Å²) in [5.74, 6) is -1.54. The van der Waals surface area contributed by atoms with Gasteiger partial charge in [0.1, 0.15) is 5.75 Å². The number of carbonyl (C=O) groups excluding carboxylic acids is 2. The highest BCUT2D eigenvalue weighted by Crippen LogP contribution is 2.39. The van der Waals surface area contributed by atoms with Crippen molar-refractivity contribution in [1.29, 1.82) is 0 Å². The first-order valence-corrected chi connectivity index (χ1v) is 18.7. The van der Waals surface area contributed by atoms with Crippen molar-refractivity contribution in [1.82, 2.24) is 0 Å². The van der Waals surface area contributed by atoms with Gasteiger partial charge >= 0.3 is 11.9 Å². The average Bonchev–Trinajstić information content (AvgIpc) is 3.15. The van der Waals surface area contributed by atoms with E-state index in [4.69, 9.17) is 14.2 Å². The van der Waals surface area contributed by atoms with Crippen LogP contribution in [0.5, 0.6) is 5.75 Å². The number of aryl methyl sites for hydroxylation is 2. The molecule has 3 aromatic carbocycles. The first-order chi connectivity index (χ1) is 25.4. The highest BCUT2D eigenvalue weighted by atomic mass is 19.2. The van der Waals surface area contributed by atoms with E-state index >= 15 is 8.78 Å². The highest BCUT2D eigenvalue weighted by Gasteiger charge is 2.22. The maximum atomic E-state index is 16.1. The van der Waals surface area contributed by atoms with Crippen LogP contribution >= 0.6 is 0 Å². The van der Waals surface area contributed by atoms with Crippen LogP contribution in [-0.4, -0.2) is 55.2 Å². The minimum absolute atomic E-state index is 0.0799. The molecule has 0 radical (unpaired) electrons. The fraction of sp³-hybridized carbons (Fsp3) is 0.455. The zero-order valence-corrected chi connectivity index (χ0v) is 31.4. The highest BCUT2D eigenvalue weighted by molar-refractivity contribution is 5.87. The number of esters is 2. The van der Waals surface area contributed by atoms with Crippen LogP contribution in [0.2, 0.25) is 0 Å². The van der Waals surface area contributed by atoms with E-state index in [0.717, 1.165) is 18.8 Å². The maximum absolute atomic E-state index is 16.1. The number of halogens is 2. The largest absolute Gasteiger partial charge is 0.493 e. The molecule has 0 aliphatic heterocycles. The summed E-state index contributed by atoms with van der Waals surface area (Å²) in [6.45, 7) is 12.6. The number of aliphatic hydroxyl groups excluding tert-OH is 2. The van der Waals surface area contributed by atoms with Crippen LogP contribution in [-0.2, 0) is 31.9 Å². The van der Waals surface area contributed by atoms with Crippen molar-refractivity contribution < 1.29 is 42.8 Å². The Morgan fingerprint density at radius 3 is 1.72 bits per heavy atom. The van der Waals surface area contributed by atoms with E-state index in [9.17, 15) is 19.8 Å². The lowest BCUT2D eigenvalue weighted by atomic mass is 9.79. The quantitative estimate of drug-likeness (QED) is 0.0721. The zero-order valence-electron chi connectivity index (χ0n) is 31.4. The summed E-state index contributed by atoms with van der Waals surface area (Å²) in [7, 11) is 0. The van der Waals surface area contributed by atoms with Gasteiger partial charge in [-0.1, -0.05) is 69.3 Å². The predicted molar refractivity (Wildman–Crippen MR) is 204 cm³/mol. The van der Waals surface area contributed by atoms with E-state index in [-0.39, 0.29) is 61.2 Å². The summed E-state index contributed by atoms with van der Waals surface area (Å²) in [4.78, 5) is 24.0. The van der Waals surface area contributed by atoms with Crippen LogP contribution < -0.4 is 4.74 Å². The topological polar surface area (TPSA) is 102 Å². The first kappa shape index (κ1) is 41.4. The number of ether oxygens (including phenoxy) is 3. The van der Waals surface area contributed by atoms with Crippen molar-refractivity contribution in [3.63, 3.8) is 0 Å². The van der Waals surface area contributed by atoms with Gasteiger partial charge in [-0.15, -0.1) is 0 Å². The third kappa shape index (κ3) is 11.6. The van der Waals surface area contributed by atoms with Gasteiger partial charge in [0.05, 0.1) is 19.8 Å². The predicted octanol–water partition coefficient (Wildman–Crippen LogP) is 9.07. The van der Waals surface area contributed by atoms with E-state index in [1.165, 1.54) is 18.4 Å². The molecule has 0 unspecified atom stereocenters. The second-order valence-electron chi connectivity index (χ2n) is 14.4. The van der Waals surface area contributed by atoms with Crippen molar-refractivity contribution in [2.24, 2.45) is 11.8 Å². The lowest BCUT2D eigenvalue weighted by Gasteiger charge is -2.26. The molecule has 1 aliphatic rings. The van der Waals surface area contributed by atoms with Gasteiger partial charge in [0.15, 0.2) is 11.6 Å². The van der Waals surface area contributed by atoms with Gasteiger partial charge in [0.25, 0.3) is 0 Å². The van der Waals surface area contributed by atoms with Gasteiger partial charge in [-0.25, -0.2) is 18.4 Å². The molecule has 2 N–H and O–H groups in total. The Morgan fingerprint density at radius 2 is 1.25 bits per heavy atom. The molecule has 3 aromatic rings. The molecule has 0 bridgehead atoms. The Balaban J connectivity index is 1.68. The smallest absolute Gasteiger partial charge is 0.333 e. The van der Waals surface area contributed by atoms with Crippen LogP contribution in [0.1, 0.15) is 88.3 Å². The van der Waals surface area contributed by atoms with E-state index in [1.807, 2.05) is 24.3 Å². The summed E-state index contributed by atoms with van der Waals surface area (Å²) in [6.07, 6.45) is 6.62. The number of carbonyl (C=O) groups is 2. The molecule has 0 amide bonds. The molecule has 1 saturated carbocycles. The third-order valence-corrected chi connectivity index (χ3v) is 9.98. The van der Waals surface area contributed by atoms with Crippen LogP contribution in [0.4, 0.5) is 8.78 Å². The zero-order chi connectivity index (χ0) is 38.5. The standard InChI is InChI=1S/C44H54F2O7/c1-28(2)43(49)52-21-6-8-35-24-37(25-36(9-7-22-53-44(50)29(3)4)42(35)51-23-20-31(26-47)27-48)39-19-18-38(40(45)41(39)46)34-16-14-33(15-17-34)32-12-10-30(5)11-13-32/h14-19,24-25,30-32,47-48H,1,3,6-13,20-23,26-27H2,2,4-5H3. The van der Waals surface area contributed by atoms with Gasteiger partial charge in [-0.2, -0.15) is 0 Å². The van der Waals surface area contributed by atoms with Crippen molar-refractivity contribution in [2.45, 2.75) is 84.5 Å². The summed E-state index contributed by atoms with van der Waals surface area (Å²) in [5.41, 5.74) is 4.46. The molecule has 0 heterocycles. The Labute approximate surface area is 312 Å². The molecule has 9 heteroatoms. The molecule has 0 spiro atoms. The van der Waals surface area contributed by atoms with E-state index in [1.54, 1.807) is 38.1 Å². The fourth-order valence-corrected chi connectivity index (χ4v) is 6.66. The summed E-state index contributed by atoms with van der Waals surface area (Å²) in [5, 5.41) is 19.2. The van der Waals surface area contributed by atoms with Gasteiger partial charge in [-0.05, 0) is 111 Å². The van der Waals surface area contributed by atoms with Crippen molar-refractivity contribution in [2.75, 3.05) is 33.0 Å². The molecule has 0 aromatic heterocycles. The number of hydrogen-bond acceptors (Lipinski definition) is 7. The Hall–Kier alpha value is -4.34. The lowest BCUT2D eigenvalue weighted by Crippen LogP contribution is -2.16. The fourth-order valence-electron chi connectivity index (χ4n) is 6.66. The van der Waals surface area contributed by atoms with Gasteiger partial charge in [-0.3, -0.25) is 0 Å². The summed E-state index contributed by atoms with van der Waals surface area (Å²) >= 11 is 0. The Kier molecular flexibility index (Phi) is 15.8. The molecular weight excluding hydrogens is 678 g/mol. The molecule has 7 nitrogen and oxygen atoms in total. The second-order valence-corrected chi connectivity index (χ2v) is 14.4. The number of benzene rings is 3. The van der Waals surface area contributed by atoms with E-state index < -0.39 is 23.6 Å². The molecule has 286 valence electrons. The van der Waals surface area contributed by atoms with E-state index in [0.29, 0.717) is 66.0 Å². The van der Waals surface area contributed by atoms with Crippen LogP contribution in [0, 0.1) is 23.5 Å². The van der Waals surface area contributed by atoms with Crippen LogP contribution in [0.25, 0.3) is 22.3 Å². The average molecular weight is 733 g/mol. The molecule has 0 saturated heterocycles. The Morgan fingerprint density at radius 1 is 0.755 bits per heavy atom. The van der Waals surface area contributed by atoms with Crippen LogP contribution in [0.15, 0.2) is 72.8 Å². The number of aliphatic hydroxyl groups is 2. The number of hydrogen-bond donors (Lipinski definition) is 2. The van der Waals surface area contributed by atoms with Crippen LogP contribution in [0.3, 0.4) is 0 Å². The first-order valence-electron chi connectivity index (χ1n) is 18.7. The molecule has 1 fully saturated rings. The Bertz CT molecular complexity index is 1670. The number of rotatable bonds is 19. The monoisotopic (exact) mass is 732 g/mol. The summed E-state index contributed by atoms with van der Waals surface area (Å²) in [6, 6.07) is 14.5. The van der Waals surface area contributed by atoms with Crippen molar-refractivity contribution in [3.05, 3.63) is 101 Å². The van der Waals surface area contributed by atoms with E-state index in [2.05, 4.69) is 20.1 Å². The molecule has 1 aliphatic carbocycles. The van der Waals surface area contributed by atoms with Crippen molar-refractivity contribution >= 4 is 11.9 Å².